The molecular weight excluding hydrogens is 216 g/mol. The number of ether oxygens (including phenoxy) is 1. The van der Waals surface area contributed by atoms with Gasteiger partial charge in [0.15, 0.2) is 5.43 Å². The first-order valence-electron chi connectivity index (χ1n) is 5.73. The zero-order valence-corrected chi connectivity index (χ0v) is 10.3. The molecule has 90 valence electrons. The number of hydrogen-bond donors (Lipinski definition) is 0. The molecule has 0 fully saturated rings. The molecule has 1 aromatic heterocycles. The lowest BCUT2D eigenvalue weighted by Crippen LogP contribution is -2.05. The molecule has 2 aromatic rings. The van der Waals surface area contributed by atoms with Gasteiger partial charge in [0.2, 0.25) is 0 Å². The van der Waals surface area contributed by atoms with Crippen LogP contribution in [-0.4, -0.2) is 6.61 Å². The first-order valence-corrected chi connectivity index (χ1v) is 5.73. The summed E-state index contributed by atoms with van der Waals surface area (Å²) in [5.74, 6) is 1.79. The van der Waals surface area contributed by atoms with Gasteiger partial charge in [0, 0.05) is 6.07 Å². The maximum atomic E-state index is 11.8. The Bertz CT molecular complexity index is 582. The summed E-state index contributed by atoms with van der Waals surface area (Å²) in [7, 11) is 0. The van der Waals surface area contributed by atoms with Crippen molar-refractivity contribution in [3.05, 3.63) is 40.2 Å². The molecule has 3 nitrogen and oxygen atoms in total. The molecule has 0 amide bonds. The third-order valence-electron chi connectivity index (χ3n) is 2.41. The fourth-order valence-electron chi connectivity index (χ4n) is 1.61. The van der Waals surface area contributed by atoms with Crippen LogP contribution in [0.1, 0.15) is 19.6 Å². The van der Waals surface area contributed by atoms with Crippen LogP contribution >= 0.6 is 0 Å². The van der Waals surface area contributed by atoms with Gasteiger partial charge in [-0.15, -0.1) is 0 Å². The highest BCUT2D eigenvalue weighted by atomic mass is 16.5. The van der Waals surface area contributed by atoms with E-state index in [0.29, 0.717) is 35.0 Å². The Labute approximate surface area is 100 Å². The lowest BCUT2D eigenvalue weighted by Gasteiger charge is -2.08. The predicted octanol–water partition coefficient (Wildman–Crippen LogP) is 3.14. The smallest absolute Gasteiger partial charge is 0.193 e. The fourth-order valence-corrected chi connectivity index (χ4v) is 1.61. The quantitative estimate of drug-likeness (QED) is 0.816. The van der Waals surface area contributed by atoms with Crippen molar-refractivity contribution in [2.75, 3.05) is 6.61 Å². The van der Waals surface area contributed by atoms with Crippen molar-refractivity contribution in [1.82, 2.24) is 0 Å². The molecule has 17 heavy (non-hydrogen) atoms. The Morgan fingerprint density at radius 1 is 1.29 bits per heavy atom. The zero-order valence-electron chi connectivity index (χ0n) is 10.3. The van der Waals surface area contributed by atoms with Crippen LogP contribution in [0.25, 0.3) is 11.0 Å². The molecule has 0 unspecified atom stereocenters. The summed E-state index contributed by atoms with van der Waals surface area (Å²) in [4.78, 5) is 11.8. The molecule has 1 aromatic carbocycles. The molecule has 0 radical (unpaired) electrons. The SMILES string of the molecule is Cc1cc(=O)c2cc(OCC(C)C)ccc2o1. The molecular formula is C14H16O3. The standard InChI is InChI=1S/C14H16O3/c1-9(2)8-16-11-4-5-14-12(7-11)13(15)6-10(3)17-14/h4-7,9H,8H2,1-3H3. The maximum absolute atomic E-state index is 11.8. The molecule has 0 aliphatic carbocycles. The van der Waals surface area contributed by atoms with E-state index in [1.165, 1.54) is 6.07 Å². The van der Waals surface area contributed by atoms with E-state index in [2.05, 4.69) is 13.8 Å². The van der Waals surface area contributed by atoms with E-state index in [9.17, 15) is 4.79 Å². The van der Waals surface area contributed by atoms with Crippen molar-refractivity contribution in [2.24, 2.45) is 5.92 Å². The van der Waals surface area contributed by atoms with E-state index in [-0.39, 0.29) is 5.43 Å². The lowest BCUT2D eigenvalue weighted by atomic mass is 10.2. The number of aryl methyl sites for hydroxylation is 1. The molecule has 0 N–H and O–H groups in total. The van der Waals surface area contributed by atoms with Crippen molar-refractivity contribution in [3.8, 4) is 5.75 Å². The number of benzene rings is 1. The number of fused-ring (bicyclic) bond motifs is 1. The van der Waals surface area contributed by atoms with Crippen LogP contribution in [0, 0.1) is 12.8 Å². The summed E-state index contributed by atoms with van der Waals surface area (Å²) in [6, 6.07) is 6.84. The average molecular weight is 232 g/mol. The zero-order chi connectivity index (χ0) is 12.4. The fraction of sp³-hybridized carbons (Fsp3) is 0.357. The molecule has 0 saturated carbocycles. The Hall–Kier alpha value is -1.77. The van der Waals surface area contributed by atoms with Crippen LogP contribution < -0.4 is 10.2 Å². The average Bonchev–Trinajstić information content (AvgIpc) is 2.26. The molecule has 1 heterocycles. The summed E-state index contributed by atoms with van der Waals surface area (Å²) in [5.41, 5.74) is 0.575. The maximum Gasteiger partial charge on any atom is 0.193 e. The second-order valence-electron chi connectivity index (χ2n) is 4.58. The Balaban J connectivity index is 2.40. The summed E-state index contributed by atoms with van der Waals surface area (Å²) < 4.78 is 11.0. The third kappa shape index (κ3) is 2.67. The monoisotopic (exact) mass is 232 g/mol. The van der Waals surface area contributed by atoms with E-state index in [4.69, 9.17) is 9.15 Å². The van der Waals surface area contributed by atoms with Crippen molar-refractivity contribution in [2.45, 2.75) is 20.8 Å². The van der Waals surface area contributed by atoms with Crippen LogP contribution in [0.5, 0.6) is 5.75 Å². The Morgan fingerprint density at radius 3 is 2.76 bits per heavy atom. The normalized spacial score (nSPS) is 11.1. The van der Waals surface area contributed by atoms with Gasteiger partial charge >= 0.3 is 0 Å². The number of rotatable bonds is 3. The van der Waals surface area contributed by atoms with Gasteiger partial charge in [-0.25, -0.2) is 0 Å². The highest BCUT2D eigenvalue weighted by Gasteiger charge is 2.04. The largest absolute Gasteiger partial charge is 0.493 e. The summed E-state index contributed by atoms with van der Waals surface area (Å²) in [5, 5.41) is 0.567. The lowest BCUT2D eigenvalue weighted by molar-refractivity contribution is 0.271. The van der Waals surface area contributed by atoms with Crippen LogP contribution in [-0.2, 0) is 0 Å². The van der Waals surface area contributed by atoms with Gasteiger partial charge in [0.1, 0.15) is 17.1 Å². The molecule has 0 saturated heterocycles. The van der Waals surface area contributed by atoms with Crippen molar-refractivity contribution in [1.29, 1.82) is 0 Å². The van der Waals surface area contributed by atoms with Crippen molar-refractivity contribution >= 4 is 11.0 Å². The van der Waals surface area contributed by atoms with E-state index in [1.807, 2.05) is 6.07 Å². The highest BCUT2D eigenvalue weighted by molar-refractivity contribution is 5.78. The van der Waals surface area contributed by atoms with Gasteiger partial charge in [-0.3, -0.25) is 4.79 Å². The predicted molar refractivity (Wildman–Crippen MR) is 67.6 cm³/mol. The van der Waals surface area contributed by atoms with Gasteiger partial charge in [-0.1, -0.05) is 13.8 Å². The van der Waals surface area contributed by atoms with Gasteiger partial charge in [0.05, 0.1) is 12.0 Å². The number of hydrogen-bond acceptors (Lipinski definition) is 3. The molecule has 0 aliphatic heterocycles. The van der Waals surface area contributed by atoms with Gasteiger partial charge < -0.3 is 9.15 Å². The third-order valence-corrected chi connectivity index (χ3v) is 2.41. The summed E-state index contributed by atoms with van der Waals surface area (Å²) in [6.07, 6.45) is 0. The van der Waals surface area contributed by atoms with Crippen LogP contribution in [0.4, 0.5) is 0 Å². The van der Waals surface area contributed by atoms with Crippen LogP contribution in [0.3, 0.4) is 0 Å². The highest BCUT2D eigenvalue weighted by Crippen LogP contribution is 2.19. The minimum Gasteiger partial charge on any atom is -0.493 e. The van der Waals surface area contributed by atoms with E-state index < -0.39 is 0 Å². The summed E-state index contributed by atoms with van der Waals surface area (Å²) >= 11 is 0. The topological polar surface area (TPSA) is 39.4 Å². The van der Waals surface area contributed by atoms with Gasteiger partial charge in [-0.05, 0) is 31.0 Å². The Kier molecular flexibility index (Phi) is 3.18. The van der Waals surface area contributed by atoms with E-state index in [1.54, 1.807) is 19.1 Å². The first-order chi connectivity index (χ1) is 8.06. The minimum atomic E-state index is -0.0289. The van der Waals surface area contributed by atoms with E-state index >= 15 is 0 Å². The van der Waals surface area contributed by atoms with Gasteiger partial charge in [-0.2, -0.15) is 0 Å². The molecule has 0 atom stereocenters. The molecule has 0 aliphatic rings. The van der Waals surface area contributed by atoms with Crippen LogP contribution in [0.2, 0.25) is 0 Å². The van der Waals surface area contributed by atoms with Crippen molar-refractivity contribution in [3.63, 3.8) is 0 Å². The minimum absolute atomic E-state index is 0.0289. The van der Waals surface area contributed by atoms with Crippen LogP contribution in [0.15, 0.2) is 33.5 Å². The van der Waals surface area contributed by atoms with Crippen molar-refractivity contribution < 1.29 is 9.15 Å². The molecule has 3 heteroatoms. The first kappa shape index (κ1) is 11.7. The second kappa shape index (κ2) is 4.62. The molecule has 0 spiro atoms. The second-order valence-corrected chi connectivity index (χ2v) is 4.58. The van der Waals surface area contributed by atoms with E-state index in [0.717, 1.165) is 0 Å². The van der Waals surface area contributed by atoms with Gasteiger partial charge in [0.25, 0.3) is 0 Å². The Morgan fingerprint density at radius 2 is 2.06 bits per heavy atom. The summed E-state index contributed by atoms with van der Waals surface area (Å²) in [6.45, 7) is 6.57. The molecule has 0 bridgehead atoms. The molecule has 2 rings (SSSR count).